The van der Waals surface area contributed by atoms with Crippen molar-refractivity contribution in [3.05, 3.63) is 52.9 Å². The number of fused-ring (bicyclic) bond motifs is 1. The van der Waals surface area contributed by atoms with Crippen molar-refractivity contribution in [3.8, 4) is 17.0 Å². The molecular formula is C21H24N4O3. The fourth-order valence-electron chi connectivity index (χ4n) is 3.65. The van der Waals surface area contributed by atoms with E-state index in [0.29, 0.717) is 17.9 Å². The summed E-state index contributed by atoms with van der Waals surface area (Å²) in [7, 11) is 4.17. The minimum absolute atomic E-state index is 0.269. The number of primary amides is 1. The third-order valence-electron chi connectivity index (χ3n) is 5.22. The highest BCUT2D eigenvalue weighted by molar-refractivity contribution is 5.87. The zero-order valence-electron chi connectivity index (χ0n) is 16.1. The van der Waals surface area contributed by atoms with Gasteiger partial charge in [0, 0.05) is 29.1 Å². The number of benzene rings is 1. The number of nitrogens with zero attached hydrogens (tertiary/aromatic N) is 2. The first-order valence-electron chi connectivity index (χ1n) is 9.29. The van der Waals surface area contributed by atoms with Crippen LogP contribution in [-0.4, -0.2) is 47.7 Å². The Labute approximate surface area is 162 Å². The zero-order valence-corrected chi connectivity index (χ0v) is 16.1. The summed E-state index contributed by atoms with van der Waals surface area (Å²) in [5.74, 6) is 0.811. The Hall–Kier alpha value is -3.06. The van der Waals surface area contributed by atoms with Crippen LogP contribution in [0.5, 0.6) is 5.75 Å². The lowest BCUT2D eigenvalue weighted by molar-refractivity contribution is 0.194. The second-order valence-corrected chi connectivity index (χ2v) is 7.89. The zero-order chi connectivity index (χ0) is 19.9. The molecule has 0 radical (unpaired) electrons. The number of hydrogen-bond acceptors (Lipinski definition) is 4. The van der Waals surface area contributed by atoms with E-state index in [0.717, 1.165) is 27.8 Å². The Bertz CT molecular complexity index is 1090. The SMILES string of the molecule is CN(C)CC1(COc2ccc3[nH]c(-c4cccn(C(N)=O)c4=O)cc3c2)CC1. The summed E-state index contributed by atoms with van der Waals surface area (Å²) in [6.45, 7) is 1.74. The minimum atomic E-state index is -0.801. The van der Waals surface area contributed by atoms with E-state index in [1.165, 1.54) is 19.0 Å². The maximum absolute atomic E-state index is 12.5. The highest BCUT2D eigenvalue weighted by atomic mass is 16.5. The molecular weight excluding hydrogens is 356 g/mol. The number of amides is 1. The number of carbonyl (C=O) groups is 1. The van der Waals surface area contributed by atoms with Gasteiger partial charge in [-0.25, -0.2) is 9.36 Å². The lowest BCUT2D eigenvalue weighted by Gasteiger charge is -2.20. The molecule has 2 aromatic heterocycles. The van der Waals surface area contributed by atoms with Crippen molar-refractivity contribution in [3.63, 3.8) is 0 Å². The molecule has 1 saturated carbocycles. The van der Waals surface area contributed by atoms with Gasteiger partial charge in [-0.1, -0.05) is 0 Å². The molecule has 0 unspecified atom stereocenters. The topological polar surface area (TPSA) is 93.3 Å². The van der Waals surface area contributed by atoms with Crippen molar-refractivity contribution in [2.75, 3.05) is 27.2 Å². The highest BCUT2D eigenvalue weighted by Gasteiger charge is 2.43. The molecule has 7 heteroatoms. The second kappa shape index (κ2) is 6.83. The van der Waals surface area contributed by atoms with Crippen LogP contribution in [0.4, 0.5) is 4.79 Å². The van der Waals surface area contributed by atoms with E-state index in [-0.39, 0.29) is 5.41 Å². The normalized spacial score (nSPS) is 15.1. The molecule has 0 atom stereocenters. The van der Waals surface area contributed by atoms with Gasteiger partial charge in [-0.2, -0.15) is 0 Å². The Morgan fingerprint density at radius 3 is 2.75 bits per heavy atom. The van der Waals surface area contributed by atoms with Crippen LogP contribution in [0.2, 0.25) is 0 Å². The lowest BCUT2D eigenvalue weighted by Crippen LogP contribution is -2.31. The fourth-order valence-corrected chi connectivity index (χ4v) is 3.65. The maximum atomic E-state index is 12.5. The summed E-state index contributed by atoms with van der Waals surface area (Å²) in [6.07, 6.45) is 3.76. The van der Waals surface area contributed by atoms with Crippen LogP contribution in [-0.2, 0) is 0 Å². The third kappa shape index (κ3) is 3.53. The number of aromatic amines is 1. The van der Waals surface area contributed by atoms with Gasteiger partial charge in [0.2, 0.25) is 0 Å². The van der Waals surface area contributed by atoms with Gasteiger partial charge >= 0.3 is 6.03 Å². The molecule has 146 valence electrons. The van der Waals surface area contributed by atoms with Crippen LogP contribution in [0.1, 0.15) is 12.8 Å². The summed E-state index contributed by atoms with van der Waals surface area (Å²) in [5.41, 5.74) is 7.00. The summed E-state index contributed by atoms with van der Waals surface area (Å²) >= 11 is 0. The second-order valence-electron chi connectivity index (χ2n) is 7.89. The molecule has 1 aromatic carbocycles. The maximum Gasteiger partial charge on any atom is 0.325 e. The number of hydrogen-bond donors (Lipinski definition) is 2. The number of nitrogens with two attached hydrogens (primary N) is 1. The molecule has 2 heterocycles. The summed E-state index contributed by atoms with van der Waals surface area (Å²) in [4.78, 5) is 29.3. The largest absolute Gasteiger partial charge is 0.493 e. The molecule has 7 nitrogen and oxygen atoms in total. The monoisotopic (exact) mass is 380 g/mol. The van der Waals surface area contributed by atoms with E-state index in [9.17, 15) is 9.59 Å². The Morgan fingerprint density at radius 1 is 1.29 bits per heavy atom. The van der Waals surface area contributed by atoms with Crippen LogP contribution >= 0.6 is 0 Å². The number of rotatable bonds is 6. The molecule has 0 aliphatic heterocycles. The van der Waals surface area contributed by atoms with Crippen LogP contribution in [0, 0.1) is 5.41 Å². The molecule has 3 aromatic rings. The number of nitrogens with one attached hydrogen (secondary N) is 1. The van der Waals surface area contributed by atoms with Gasteiger partial charge in [0.1, 0.15) is 5.75 Å². The van der Waals surface area contributed by atoms with Crippen molar-refractivity contribution in [2.24, 2.45) is 11.1 Å². The lowest BCUT2D eigenvalue weighted by atomic mass is 10.1. The van der Waals surface area contributed by atoms with Crippen LogP contribution < -0.4 is 16.0 Å². The van der Waals surface area contributed by atoms with Gasteiger partial charge < -0.3 is 20.4 Å². The van der Waals surface area contributed by atoms with E-state index in [2.05, 4.69) is 24.0 Å². The van der Waals surface area contributed by atoms with Crippen molar-refractivity contribution in [1.82, 2.24) is 14.5 Å². The van der Waals surface area contributed by atoms with Gasteiger partial charge in [0.15, 0.2) is 0 Å². The van der Waals surface area contributed by atoms with Crippen molar-refractivity contribution < 1.29 is 9.53 Å². The molecule has 1 amide bonds. The van der Waals surface area contributed by atoms with E-state index in [1.807, 2.05) is 24.3 Å². The number of ether oxygens (including phenoxy) is 1. The predicted octanol–water partition coefficient (Wildman–Crippen LogP) is 2.64. The average Bonchev–Trinajstić information content (AvgIpc) is 3.26. The molecule has 1 aliphatic carbocycles. The van der Waals surface area contributed by atoms with Gasteiger partial charge in [-0.15, -0.1) is 0 Å². The fraction of sp³-hybridized carbons (Fsp3) is 0.333. The van der Waals surface area contributed by atoms with Crippen LogP contribution in [0.25, 0.3) is 22.2 Å². The van der Waals surface area contributed by atoms with Crippen molar-refractivity contribution in [1.29, 1.82) is 0 Å². The Kier molecular flexibility index (Phi) is 4.47. The third-order valence-corrected chi connectivity index (χ3v) is 5.22. The van der Waals surface area contributed by atoms with Crippen LogP contribution in [0.15, 0.2) is 47.4 Å². The van der Waals surface area contributed by atoms with E-state index < -0.39 is 11.6 Å². The molecule has 0 bridgehead atoms. The van der Waals surface area contributed by atoms with Gasteiger partial charge in [0.25, 0.3) is 5.56 Å². The van der Waals surface area contributed by atoms with Gasteiger partial charge in [0.05, 0.1) is 17.9 Å². The first-order chi connectivity index (χ1) is 13.4. The number of carbonyl (C=O) groups excluding carboxylic acids is 1. The van der Waals surface area contributed by atoms with E-state index in [1.54, 1.807) is 12.1 Å². The quantitative estimate of drug-likeness (QED) is 0.687. The van der Waals surface area contributed by atoms with Gasteiger partial charge in [-0.3, -0.25) is 4.79 Å². The number of H-pyrrole nitrogens is 1. The molecule has 4 rings (SSSR count). The summed E-state index contributed by atoms with van der Waals surface area (Å²) < 4.78 is 6.96. The standard InChI is InChI=1S/C21H24N4O3/c1-24(2)12-21(7-8-21)13-28-15-5-6-17-14(10-15)11-18(23-17)16-4-3-9-25(19(16)26)20(22)27/h3-6,9-11,23H,7-8,12-13H2,1-2H3,(H2,22,27). The predicted molar refractivity (Wildman–Crippen MR) is 109 cm³/mol. The molecule has 1 fully saturated rings. The number of aromatic nitrogens is 2. The smallest absolute Gasteiger partial charge is 0.325 e. The molecule has 3 N–H and O–H groups in total. The number of pyridine rings is 1. The van der Waals surface area contributed by atoms with Gasteiger partial charge in [-0.05, 0) is 63.3 Å². The molecule has 0 spiro atoms. The average molecular weight is 380 g/mol. The summed E-state index contributed by atoms with van der Waals surface area (Å²) in [6, 6.07) is 10.2. The van der Waals surface area contributed by atoms with Crippen molar-refractivity contribution in [2.45, 2.75) is 12.8 Å². The molecule has 28 heavy (non-hydrogen) atoms. The minimum Gasteiger partial charge on any atom is -0.493 e. The van der Waals surface area contributed by atoms with Crippen LogP contribution in [0.3, 0.4) is 0 Å². The molecule has 0 saturated heterocycles. The Morgan fingerprint density at radius 2 is 2.07 bits per heavy atom. The Balaban J connectivity index is 1.58. The highest BCUT2D eigenvalue weighted by Crippen LogP contribution is 2.46. The van der Waals surface area contributed by atoms with Crippen molar-refractivity contribution >= 4 is 16.9 Å². The summed E-state index contributed by atoms with van der Waals surface area (Å²) in [5, 5.41) is 0.943. The first-order valence-corrected chi connectivity index (χ1v) is 9.29. The van der Waals surface area contributed by atoms with E-state index >= 15 is 0 Å². The molecule has 1 aliphatic rings. The first kappa shape index (κ1) is 18.3. The van der Waals surface area contributed by atoms with E-state index in [4.69, 9.17) is 10.5 Å².